The zero-order chi connectivity index (χ0) is 57.8. The van der Waals surface area contributed by atoms with Crippen molar-refractivity contribution in [1.82, 2.24) is 0 Å². The van der Waals surface area contributed by atoms with Gasteiger partial charge in [-0.2, -0.15) is 0 Å². The van der Waals surface area contributed by atoms with Gasteiger partial charge in [0.2, 0.25) is 0 Å². The molecule has 2 aromatic carbocycles. The summed E-state index contributed by atoms with van der Waals surface area (Å²) in [4.78, 5) is 128. The molecule has 22 nitrogen and oxygen atoms in total. The van der Waals surface area contributed by atoms with E-state index in [9.17, 15) is 47.9 Å². The quantitative estimate of drug-likeness (QED) is 0.0247. The summed E-state index contributed by atoms with van der Waals surface area (Å²) in [5.74, 6) is -9.73. The Morgan fingerprint density at radius 2 is 0.688 bits per heavy atom. The van der Waals surface area contributed by atoms with Gasteiger partial charge in [0.25, 0.3) is 0 Å². The van der Waals surface area contributed by atoms with Crippen molar-refractivity contribution in [2.24, 2.45) is 35.5 Å². The molecule has 0 heterocycles. The van der Waals surface area contributed by atoms with Gasteiger partial charge in [-0.1, -0.05) is 13.2 Å². The van der Waals surface area contributed by atoms with Crippen LogP contribution in [0.25, 0.3) is 0 Å². The van der Waals surface area contributed by atoms with Crippen LogP contribution in [0.15, 0.2) is 61.7 Å². The molecule has 0 amide bonds. The zero-order valence-electron chi connectivity index (χ0n) is 45.4. The maximum absolute atomic E-state index is 13.5. The second-order valence-corrected chi connectivity index (χ2v) is 19.1. The van der Waals surface area contributed by atoms with Crippen molar-refractivity contribution in [3.05, 3.63) is 72.8 Å². The summed E-state index contributed by atoms with van der Waals surface area (Å²) in [5, 5.41) is 0. The second kappa shape index (κ2) is 33.9. The van der Waals surface area contributed by atoms with Gasteiger partial charge in [0, 0.05) is 25.4 Å². The summed E-state index contributed by atoms with van der Waals surface area (Å²) in [6.07, 6.45) is 6.85. The highest BCUT2D eigenvalue weighted by Crippen LogP contribution is 2.36. The third kappa shape index (κ3) is 20.6. The molecule has 0 radical (unpaired) electrons. The molecule has 3 saturated carbocycles. The Hall–Kier alpha value is -7.46. The molecule has 0 saturated heterocycles. The third-order valence-electron chi connectivity index (χ3n) is 13.6. The van der Waals surface area contributed by atoms with Crippen LogP contribution in [0.2, 0.25) is 0 Å². The third-order valence-corrected chi connectivity index (χ3v) is 13.6. The first kappa shape index (κ1) is 63.4. The fourth-order valence-corrected chi connectivity index (χ4v) is 9.14. The molecule has 0 atom stereocenters. The molecule has 80 heavy (non-hydrogen) atoms. The predicted molar refractivity (Wildman–Crippen MR) is 279 cm³/mol. The van der Waals surface area contributed by atoms with Crippen LogP contribution in [-0.2, 0) is 76.3 Å². The first-order chi connectivity index (χ1) is 38.6. The SMILES string of the molecule is C=CC(=O)OCCCCOC(=O)C1CCC(C(=O)Oc2ccc(OC(=O)C3CCC(C(=O)Oc4ccc(OC(=O)C5CCC(C(=O)OCCOC(=O)C=C)CC5)c(C(=O)OCCOCC)c4)CC3)cc2C(=O)OCCOCC)CC1. The maximum atomic E-state index is 13.5. The molecule has 3 fully saturated rings. The lowest BCUT2D eigenvalue weighted by atomic mass is 9.82. The van der Waals surface area contributed by atoms with Crippen molar-refractivity contribution in [3.63, 3.8) is 0 Å². The Bertz CT molecular complexity index is 2470. The van der Waals surface area contributed by atoms with E-state index in [1.807, 2.05) is 0 Å². The summed E-state index contributed by atoms with van der Waals surface area (Å²) in [5.41, 5.74) is -0.344. The van der Waals surface area contributed by atoms with Crippen LogP contribution in [0, 0.1) is 35.5 Å². The van der Waals surface area contributed by atoms with Gasteiger partial charge in [0.1, 0.15) is 60.6 Å². The molecule has 436 valence electrons. The zero-order valence-corrected chi connectivity index (χ0v) is 45.4. The van der Waals surface area contributed by atoms with E-state index in [1.54, 1.807) is 13.8 Å². The number of rotatable bonds is 30. The molecule has 0 unspecified atom stereocenters. The van der Waals surface area contributed by atoms with Crippen molar-refractivity contribution >= 4 is 59.7 Å². The Balaban J connectivity index is 1.13. The van der Waals surface area contributed by atoms with Crippen molar-refractivity contribution in [3.8, 4) is 23.0 Å². The van der Waals surface area contributed by atoms with Gasteiger partial charge in [-0.05, 0) is 140 Å². The molecule has 0 N–H and O–H groups in total. The van der Waals surface area contributed by atoms with E-state index in [4.69, 9.17) is 56.8 Å². The number of hydrogen-bond acceptors (Lipinski definition) is 22. The second-order valence-electron chi connectivity index (χ2n) is 19.1. The molecule has 0 aromatic heterocycles. The van der Waals surface area contributed by atoms with Crippen LogP contribution >= 0.6 is 0 Å². The molecule has 5 rings (SSSR count). The molecule has 0 spiro atoms. The van der Waals surface area contributed by atoms with Gasteiger partial charge >= 0.3 is 59.7 Å². The highest BCUT2D eigenvalue weighted by atomic mass is 16.6. The highest BCUT2D eigenvalue weighted by molar-refractivity contribution is 5.95. The van der Waals surface area contributed by atoms with Gasteiger partial charge in [-0.15, -0.1) is 0 Å². The molecular weight excluding hydrogens is 1050 g/mol. The first-order valence-electron chi connectivity index (χ1n) is 27.2. The van der Waals surface area contributed by atoms with E-state index in [2.05, 4.69) is 13.2 Å². The topological polar surface area (TPSA) is 281 Å². The summed E-state index contributed by atoms with van der Waals surface area (Å²) in [7, 11) is 0. The molecule has 3 aliphatic carbocycles. The van der Waals surface area contributed by atoms with Gasteiger partial charge in [-0.3, -0.25) is 28.8 Å². The van der Waals surface area contributed by atoms with Crippen LogP contribution < -0.4 is 18.9 Å². The minimum absolute atomic E-state index is 0.0147. The van der Waals surface area contributed by atoms with E-state index in [-0.39, 0.29) is 119 Å². The number of hydrogen-bond donors (Lipinski definition) is 0. The Morgan fingerprint density at radius 1 is 0.388 bits per heavy atom. The van der Waals surface area contributed by atoms with Crippen LogP contribution in [0.3, 0.4) is 0 Å². The Labute approximate surface area is 464 Å². The van der Waals surface area contributed by atoms with Crippen molar-refractivity contribution < 1.29 is 105 Å². The van der Waals surface area contributed by atoms with Gasteiger partial charge in [0.05, 0.1) is 61.9 Å². The number of carbonyl (C=O) groups is 10. The Kier molecular flexibility index (Phi) is 26.8. The fourth-order valence-electron chi connectivity index (χ4n) is 9.14. The van der Waals surface area contributed by atoms with Gasteiger partial charge in [-0.25, -0.2) is 19.2 Å². The first-order valence-corrected chi connectivity index (χ1v) is 27.2. The minimum Gasteiger partial charge on any atom is -0.465 e. The highest BCUT2D eigenvalue weighted by Gasteiger charge is 2.36. The molecule has 3 aliphatic rings. The maximum Gasteiger partial charge on any atom is 0.342 e. The van der Waals surface area contributed by atoms with E-state index in [0.717, 1.165) is 12.2 Å². The lowest BCUT2D eigenvalue weighted by molar-refractivity contribution is -0.155. The number of ether oxygens (including phenoxy) is 12. The number of esters is 10. The van der Waals surface area contributed by atoms with E-state index < -0.39 is 89.2 Å². The predicted octanol–water partition coefficient (Wildman–Crippen LogP) is 7.14. The van der Waals surface area contributed by atoms with Crippen molar-refractivity contribution in [2.75, 3.05) is 66.1 Å². The molecule has 0 bridgehead atoms. The van der Waals surface area contributed by atoms with Gasteiger partial charge < -0.3 is 56.8 Å². The summed E-state index contributed by atoms with van der Waals surface area (Å²) < 4.78 is 64.6. The van der Waals surface area contributed by atoms with Crippen LogP contribution in [0.4, 0.5) is 0 Å². The smallest absolute Gasteiger partial charge is 0.342 e. The Morgan fingerprint density at radius 3 is 1.05 bits per heavy atom. The average Bonchev–Trinajstić information content (AvgIpc) is 3.52. The van der Waals surface area contributed by atoms with Crippen LogP contribution in [0.1, 0.15) is 124 Å². The lowest BCUT2D eigenvalue weighted by Crippen LogP contribution is -2.31. The van der Waals surface area contributed by atoms with Crippen LogP contribution in [-0.4, -0.2) is 126 Å². The molecule has 22 heteroatoms. The van der Waals surface area contributed by atoms with Gasteiger partial charge in [0.15, 0.2) is 0 Å². The number of carbonyl (C=O) groups excluding carboxylic acids is 10. The largest absolute Gasteiger partial charge is 0.465 e. The van der Waals surface area contributed by atoms with Crippen LogP contribution in [0.5, 0.6) is 23.0 Å². The fraction of sp³-hybridized carbons (Fsp3) is 0.552. The monoisotopic (exact) mass is 1120 g/mol. The number of unbranched alkanes of at least 4 members (excludes halogenated alkanes) is 1. The lowest BCUT2D eigenvalue weighted by Gasteiger charge is -2.26. The molecule has 2 aromatic rings. The molecule has 0 aliphatic heterocycles. The number of benzene rings is 2. The average molecular weight is 1120 g/mol. The summed E-state index contributed by atoms with van der Waals surface area (Å²) >= 11 is 0. The summed E-state index contributed by atoms with van der Waals surface area (Å²) in [6.45, 7) is 11.1. The van der Waals surface area contributed by atoms with E-state index in [1.165, 1.54) is 36.4 Å². The molecular formula is C58H72O22. The standard InChI is InChI=1S/C58H72O22/c1-5-49(59)71-27-9-10-28-73-51(61)37-11-15-41(16-12-37)55(65)79-47-25-23-43(35-45(47)57(67)75-31-29-69-7-3)77-53(63)39-19-21-40(22-20-39)54(64)78-44-24-26-48(46(36-44)58(68)76-32-30-70-8-4)80-56(66)42-17-13-38(14-18-42)52(62)74-34-33-72-50(60)6-2/h5-6,23-26,35-42H,1-2,7-22,27-34H2,3-4H3. The van der Waals surface area contributed by atoms with E-state index in [0.29, 0.717) is 77.4 Å². The van der Waals surface area contributed by atoms with Crippen molar-refractivity contribution in [2.45, 2.75) is 104 Å². The normalized spacial score (nSPS) is 19.6. The minimum atomic E-state index is -0.858. The van der Waals surface area contributed by atoms with Crippen molar-refractivity contribution in [1.29, 1.82) is 0 Å². The summed E-state index contributed by atoms with van der Waals surface area (Å²) in [6, 6.07) is 7.92. The van der Waals surface area contributed by atoms with E-state index >= 15 is 0 Å².